The summed E-state index contributed by atoms with van der Waals surface area (Å²) in [6.45, 7) is 9.13. The average molecular weight is 617 g/mol. The number of likely N-dealkylation sites (N-methyl/N-ethyl adjacent to an activating group) is 1. The molecule has 9 nitrogen and oxygen atoms in total. The van der Waals surface area contributed by atoms with Crippen LogP contribution in [0, 0.1) is 0 Å². The number of hydrogen-bond donors (Lipinski definition) is 2. The number of carbonyl (C=O) groups excluding carboxylic acids is 1. The Morgan fingerprint density at radius 2 is 1.80 bits per heavy atom. The number of H-pyrrole nitrogens is 1. The molecule has 12 heteroatoms. The van der Waals surface area contributed by atoms with Crippen LogP contribution < -0.4 is 10.9 Å². The van der Waals surface area contributed by atoms with Gasteiger partial charge in [-0.25, -0.2) is 9.67 Å². The maximum Gasteiger partial charge on any atom is 0.262 e. The number of amides is 1. The lowest BCUT2D eigenvalue weighted by Gasteiger charge is -2.37. The molecule has 4 aromatic rings. The average Bonchev–Trinajstić information content (AvgIpc) is 3.27. The molecule has 0 aliphatic carbocycles. The van der Waals surface area contributed by atoms with Gasteiger partial charge in [-0.3, -0.25) is 14.5 Å². The van der Waals surface area contributed by atoms with Crippen LogP contribution in [0.4, 0.5) is 5.69 Å². The Labute approximate surface area is 253 Å². The smallest absolute Gasteiger partial charge is 0.262 e. The highest BCUT2D eigenvalue weighted by molar-refractivity contribution is 6.40. The molecule has 1 aliphatic heterocycles. The molecule has 5 rings (SSSR count). The molecule has 0 spiro atoms. The van der Waals surface area contributed by atoms with Crippen LogP contribution in [0.2, 0.25) is 15.1 Å². The highest BCUT2D eigenvalue weighted by Gasteiger charge is 2.24. The Balaban J connectivity index is 1.37. The van der Waals surface area contributed by atoms with Crippen LogP contribution in [-0.4, -0.2) is 74.7 Å². The van der Waals surface area contributed by atoms with Gasteiger partial charge in [-0.2, -0.15) is 5.10 Å². The number of carbonyl (C=O) groups is 1. The molecule has 1 atom stereocenters. The van der Waals surface area contributed by atoms with Crippen molar-refractivity contribution in [3.8, 4) is 5.69 Å². The highest BCUT2D eigenvalue weighted by Crippen LogP contribution is 2.34. The second-order valence-electron chi connectivity index (χ2n) is 10.9. The van der Waals surface area contributed by atoms with Gasteiger partial charge in [0.25, 0.3) is 5.56 Å². The summed E-state index contributed by atoms with van der Waals surface area (Å²) in [7, 11) is 2.11. The lowest BCUT2D eigenvalue weighted by Crippen LogP contribution is -2.51. The zero-order chi connectivity index (χ0) is 29.4. The minimum atomic E-state index is -0.289. The molecule has 0 radical (unpaired) electrons. The second-order valence-corrected chi connectivity index (χ2v) is 12.1. The van der Waals surface area contributed by atoms with Crippen molar-refractivity contribution in [1.82, 2.24) is 29.5 Å². The fourth-order valence-corrected chi connectivity index (χ4v) is 6.02. The Morgan fingerprint density at radius 1 is 1.12 bits per heavy atom. The van der Waals surface area contributed by atoms with Gasteiger partial charge in [0.05, 0.1) is 22.3 Å². The number of nitrogens with one attached hydrogen (secondary N) is 2. The van der Waals surface area contributed by atoms with E-state index in [2.05, 4.69) is 39.2 Å². The summed E-state index contributed by atoms with van der Waals surface area (Å²) in [5, 5.41) is 9.04. The van der Waals surface area contributed by atoms with Gasteiger partial charge < -0.3 is 15.2 Å². The van der Waals surface area contributed by atoms with Crippen molar-refractivity contribution in [3.05, 3.63) is 78.9 Å². The molecule has 41 heavy (non-hydrogen) atoms. The van der Waals surface area contributed by atoms with Gasteiger partial charge in [-0.15, -0.1) is 0 Å². The second kappa shape index (κ2) is 12.1. The third-order valence-electron chi connectivity index (χ3n) is 7.37. The van der Waals surface area contributed by atoms with Gasteiger partial charge in [0.2, 0.25) is 5.91 Å². The van der Waals surface area contributed by atoms with Crippen LogP contribution in [0.15, 0.2) is 41.2 Å². The maximum absolute atomic E-state index is 13.3. The zero-order valence-corrected chi connectivity index (χ0v) is 25.6. The van der Waals surface area contributed by atoms with Crippen LogP contribution in [0.5, 0.6) is 0 Å². The first-order valence-electron chi connectivity index (χ1n) is 13.5. The topological polar surface area (TPSA) is 99.2 Å². The molecule has 2 N–H and O–H groups in total. The number of aromatic nitrogens is 4. The van der Waals surface area contributed by atoms with Crippen molar-refractivity contribution in [2.45, 2.75) is 39.2 Å². The largest absolute Gasteiger partial charge is 0.325 e. The van der Waals surface area contributed by atoms with E-state index in [1.807, 2.05) is 38.1 Å². The first kappa shape index (κ1) is 29.5. The molecule has 0 bridgehead atoms. The summed E-state index contributed by atoms with van der Waals surface area (Å²) in [6, 6.07) is 11.1. The molecule has 2 aromatic heterocycles. The van der Waals surface area contributed by atoms with Gasteiger partial charge in [0.15, 0.2) is 5.65 Å². The highest BCUT2D eigenvalue weighted by atomic mass is 35.5. The number of nitrogens with zero attached hydrogens (tertiary/aromatic N) is 5. The molecular formula is C29H32Cl3N7O2. The molecular weight excluding hydrogens is 585 g/mol. The van der Waals surface area contributed by atoms with Gasteiger partial charge in [0.1, 0.15) is 16.9 Å². The van der Waals surface area contributed by atoms with Gasteiger partial charge in [-0.05, 0) is 49.7 Å². The fraction of sp³-hybridized carbons (Fsp3) is 0.379. The number of rotatable bonds is 7. The van der Waals surface area contributed by atoms with E-state index in [1.165, 1.54) is 4.68 Å². The normalized spacial score (nSPS) is 16.5. The summed E-state index contributed by atoms with van der Waals surface area (Å²) >= 11 is 19.1. The number of anilines is 1. The fourth-order valence-electron chi connectivity index (χ4n) is 5.05. The van der Waals surface area contributed by atoms with Crippen molar-refractivity contribution < 1.29 is 4.79 Å². The summed E-state index contributed by atoms with van der Waals surface area (Å²) in [5.41, 5.74) is 2.70. The molecule has 1 fully saturated rings. The minimum absolute atomic E-state index is 0.0419. The van der Waals surface area contributed by atoms with E-state index >= 15 is 0 Å². The van der Waals surface area contributed by atoms with Gasteiger partial charge >= 0.3 is 0 Å². The SMILES string of the molecule is CC(C)c1nn(-c2c(Cl)cc(Cl)cc2Cl)c2nc(Cc3ccc(NC(=O)CN4CCN(C)C(C)C4)cc3)[nH]c(=O)c12. The maximum atomic E-state index is 13.3. The van der Waals surface area contributed by atoms with Crippen LogP contribution in [-0.2, 0) is 11.2 Å². The third-order valence-corrected chi connectivity index (χ3v) is 8.17. The molecule has 1 unspecified atom stereocenters. The first-order valence-corrected chi connectivity index (χ1v) is 14.6. The van der Waals surface area contributed by atoms with E-state index in [9.17, 15) is 9.59 Å². The summed E-state index contributed by atoms with van der Waals surface area (Å²) in [5.74, 6) is 0.376. The van der Waals surface area contributed by atoms with Gasteiger partial charge in [0, 0.05) is 42.8 Å². The van der Waals surface area contributed by atoms with Gasteiger partial charge in [-0.1, -0.05) is 60.8 Å². The molecule has 216 valence electrons. The first-order chi connectivity index (χ1) is 19.5. The third kappa shape index (κ3) is 6.44. The molecule has 3 heterocycles. The number of benzene rings is 2. The van der Waals surface area contributed by atoms with E-state index in [0.717, 1.165) is 25.2 Å². The van der Waals surface area contributed by atoms with E-state index in [0.29, 0.717) is 68.0 Å². The van der Waals surface area contributed by atoms with E-state index < -0.39 is 0 Å². The predicted octanol–water partition coefficient (Wildman–Crippen LogP) is 5.36. The molecule has 1 saturated heterocycles. The summed E-state index contributed by atoms with van der Waals surface area (Å²) in [6.07, 6.45) is 0.364. The Bertz CT molecular complexity index is 1630. The van der Waals surface area contributed by atoms with Crippen LogP contribution in [0.1, 0.15) is 43.8 Å². The van der Waals surface area contributed by atoms with Crippen molar-refractivity contribution in [2.75, 3.05) is 38.5 Å². The van der Waals surface area contributed by atoms with E-state index in [-0.39, 0.29) is 17.4 Å². The van der Waals surface area contributed by atoms with Crippen molar-refractivity contribution in [1.29, 1.82) is 0 Å². The predicted molar refractivity (Wildman–Crippen MR) is 165 cm³/mol. The number of fused-ring (bicyclic) bond motifs is 1. The van der Waals surface area contributed by atoms with Crippen molar-refractivity contribution in [3.63, 3.8) is 0 Å². The Morgan fingerprint density at radius 3 is 2.44 bits per heavy atom. The molecule has 0 saturated carbocycles. The lowest BCUT2D eigenvalue weighted by atomic mass is 10.1. The molecule has 1 aliphatic rings. The monoisotopic (exact) mass is 615 g/mol. The number of halogens is 3. The quantitative estimate of drug-likeness (QED) is 0.290. The van der Waals surface area contributed by atoms with Crippen LogP contribution >= 0.6 is 34.8 Å². The Hall–Kier alpha value is -2.95. The standard InChI is InChI=1S/C29H32Cl3N7O2/c1-16(2)26-25-28(39(36-26)27-21(31)12-19(30)13-22(27)32)34-23(35-29(25)41)11-18-5-7-20(8-6-18)33-24(40)15-38-10-9-37(4)17(3)14-38/h5-8,12-13,16-17H,9-11,14-15H2,1-4H3,(H,33,40)(H,34,35,41). The van der Waals surface area contributed by atoms with Crippen molar-refractivity contribution >= 4 is 57.4 Å². The van der Waals surface area contributed by atoms with E-state index in [1.54, 1.807) is 12.1 Å². The minimum Gasteiger partial charge on any atom is -0.325 e. The van der Waals surface area contributed by atoms with Crippen molar-refractivity contribution in [2.24, 2.45) is 0 Å². The molecule has 2 aromatic carbocycles. The summed E-state index contributed by atoms with van der Waals surface area (Å²) < 4.78 is 1.52. The van der Waals surface area contributed by atoms with Crippen LogP contribution in [0.25, 0.3) is 16.7 Å². The van der Waals surface area contributed by atoms with Crippen LogP contribution in [0.3, 0.4) is 0 Å². The lowest BCUT2D eigenvalue weighted by molar-refractivity contribution is -0.117. The number of aromatic amines is 1. The summed E-state index contributed by atoms with van der Waals surface area (Å²) in [4.78, 5) is 38.1. The molecule has 1 amide bonds. The number of piperazine rings is 1. The van der Waals surface area contributed by atoms with E-state index in [4.69, 9.17) is 39.8 Å². The Kier molecular flexibility index (Phi) is 8.73. The zero-order valence-electron chi connectivity index (χ0n) is 23.3. The number of hydrogen-bond acceptors (Lipinski definition) is 6.